The first-order valence-corrected chi connectivity index (χ1v) is 10.6. The van der Waals surface area contributed by atoms with Crippen molar-refractivity contribution in [2.24, 2.45) is 0 Å². The number of nitrogens with zero attached hydrogens (tertiary/aromatic N) is 2. The predicted molar refractivity (Wildman–Crippen MR) is 109 cm³/mol. The van der Waals surface area contributed by atoms with Crippen LogP contribution in [-0.2, 0) is 4.79 Å². The predicted octanol–water partition coefficient (Wildman–Crippen LogP) is 5.37. The van der Waals surface area contributed by atoms with Gasteiger partial charge in [-0.15, -0.1) is 13.9 Å². The Morgan fingerprint density at radius 2 is 1.97 bits per heavy atom. The van der Waals surface area contributed by atoms with E-state index < -0.39 is 6.29 Å². The van der Waals surface area contributed by atoms with E-state index in [9.17, 15) is 13.6 Å². The summed E-state index contributed by atoms with van der Waals surface area (Å²) in [6.07, 6.45) is -3.70. The minimum atomic E-state index is -3.70. The quantitative estimate of drug-likeness (QED) is 0.397. The molecule has 1 N–H and O–H groups in total. The third-order valence-corrected chi connectivity index (χ3v) is 6.23. The maximum absolute atomic E-state index is 13.1. The van der Waals surface area contributed by atoms with Gasteiger partial charge in [-0.1, -0.05) is 34.7 Å². The molecular weight excluding hydrogens is 464 g/mol. The van der Waals surface area contributed by atoms with Crippen LogP contribution in [0.3, 0.4) is 0 Å². The molecule has 29 heavy (non-hydrogen) atoms. The Labute approximate surface area is 181 Å². The van der Waals surface area contributed by atoms with E-state index in [1.807, 2.05) is 0 Å². The third kappa shape index (κ3) is 4.69. The summed E-state index contributed by atoms with van der Waals surface area (Å²) < 4.78 is 37.5. The number of hydrogen-bond donors (Lipinski definition) is 1. The summed E-state index contributed by atoms with van der Waals surface area (Å²) in [5.74, 6) is -0.497. The topological polar surface area (TPSA) is 65.4 Å². The van der Waals surface area contributed by atoms with Gasteiger partial charge in [-0.3, -0.25) is 4.79 Å². The SMILES string of the molecule is O=C(CSc1nn(-c2ccc(Cl)cc2)c(=S)s1)Nc1ccc2c(c1)OC(F)(F)O2. The molecule has 0 aliphatic carbocycles. The first kappa shape index (κ1) is 20.1. The number of rotatable bonds is 5. The molecule has 2 heterocycles. The first-order chi connectivity index (χ1) is 13.8. The average molecular weight is 474 g/mol. The van der Waals surface area contributed by atoms with Crippen LogP contribution in [-0.4, -0.2) is 27.7 Å². The molecule has 1 amide bonds. The number of fused-ring (bicyclic) bond motifs is 1. The van der Waals surface area contributed by atoms with Crippen molar-refractivity contribution >= 4 is 58.5 Å². The Hall–Kier alpha value is -2.21. The highest BCUT2D eigenvalue weighted by Gasteiger charge is 2.43. The van der Waals surface area contributed by atoms with E-state index in [0.29, 0.717) is 19.0 Å². The third-order valence-electron chi connectivity index (χ3n) is 3.61. The van der Waals surface area contributed by atoms with Gasteiger partial charge in [0, 0.05) is 16.8 Å². The van der Waals surface area contributed by atoms with Gasteiger partial charge < -0.3 is 14.8 Å². The molecule has 0 saturated heterocycles. The number of aromatic nitrogens is 2. The fourth-order valence-corrected chi connectivity index (χ4v) is 4.70. The number of anilines is 1. The number of carbonyl (C=O) groups excluding carboxylic acids is 1. The lowest BCUT2D eigenvalue weighted by molar-refractivity contribution is -0.286. The first-order valence-electron chi connectivity index (χ1n) is 7.98. The average Bonchev–Trinajstić information content (AvgIpc) is 3.18. The van der Waals surface area contributed by atoms with Crippen LogP contribution in [0, 0.1) is 3.95 Å². The molecule has 0 radical (unpaired) electrons. The van der Waals surface area contributed by atoms with Gasteiger partial charge in [-0.25, -0.2) is 4.68 Å². The lowest BCUT2D eigenvalue weighted by atomic mass is 10.3. The molecule has 1 aliphatic heterocycles. The number of thioether (sulfide) groups is 1. The molecule has 6 nitrogen and oxygen atoms in total. The van der Waals surface area contributed by atoms with Crippen LogP contribution in [0.5, 0.6) is 11.5 Å². The van der Waals surface area contributed by atoms with Crippen LogP contribution in [0.25, 0.3) is 5.69 Å². The zero-order valence-corrected chi connectivity index (χ0v) is 17.4. The van der Waals surface area contributed by atoms with Gasteiger partial charge >= 0.3 is 6.29 Å². The number of halogens is 3. The Balaban J connectivity index is 1.38. The Kier molecular flexibility index (Phi) is 5.47. The molecule has 1 aliphatic rings. The normalized spacial score (nSPS) is 14.0. The van der Waals surface area contributed by atoms with Gasteiger partial charge in [0.15, 0.2) is 19.8 Å². The number of carbonyl (C=O) groups is 1. The summed E-state index contributed by atoms with van der Waals surface area (Å²) in [6, 6.07) is 11.1. The smallest absolute Gasteiger partial charge is 0.395 e. The number of nitrogens with one attached hydrogen (secondary N) is 1. The maximum Gasteiger partial charge on any atom is 0.586 e. The summed E-state index contributed by atoms with van der Waals surface area (Å²) >= 11 is 13.7. The van der Waals surface area contributed by atoms with E-state index in [-0.39, 0.29) is 23.2 Å². The summed E-state index contributed by atoms with van der Waals surface area (Å²) in [7, 11) is 0. The van der Waals surface area contributed by atoms with Crippen LogP contribution in [0.4, 0.5) is 14.5 Å². The highest BCUT2D eigenvalue weighted by molar-refractivity contribution is 8.01. The highest BCUT2D eigenvalue weighted by atomic mass is 35.5. The number of amides is 1. The van der Waals surface area contributed by atoms with Gasteiger partial charge in [0.05, 0.1) is 11.4 Å². The number of ether oxygens (including phenoxy) is 2. The van der Waals surface area contributed by atoms with E-state index in [4.69, 9.17) is 23.8 Å². The van der Waals surface area contributed by atoms with Crippen LogP contribution in [0.15, 0.2) is 46.8 Å². The van der Waals surface area contributed by atoms with Crippen LogP contribution < -0.4 is 14.8 Å². The Morgan fingerprint density at radius 3 is 2.72 bits per heavy atom. The van der Waals surface area contributed by atoms with E-state index in [0.717, 1.165) is 5.69 Å². The van der Waals surface area contributed by atoms with Crippen molar-refractivity contribution in [2.45, 2.75) is 10.6 Å². The van der Waals surface area contributed by atoms with Crippen LogP contribution >= 0.6 is 46.9 Å². The molecule has 12 heteroatoms. The fraction of sp³-hybridized carbons (Fsp3) is 0.118. The summed E-state index contributed by atoms with van der Waals surface area (Å²) in [4.78, 5) is 12.2. The summed E-state index contributed by atoms with van der Waals surface area (Å²) in [5, 5.41) is 7.63. The molecule has 2 aromatic carbocycles. The maximum atomic E-state index is 13.1. The lowest BCUT2D eigenvalue weighted by Crippen LogP contribution is -2.25. The number of hydrogen-bond acceptors (Lipinski definition) is 7. The highest BCUT2D eigenvalue weighted by Crippen LogP contribution is 2.42. The second kappa shape index (κ2) is 7.90. The molecule has 0 fully saturated rings. The van der Waals surface area contributed by atoms with Crippen molar-refractivity contribution < 1.29 is 23.0 Å². The molecule has 0 spiro atoms. The molecule has 0 unspecified atom stereocenters. The monoisotopic (exact) mass is 473 g/mol. The zero-order valence-electron chi connectivity index (χ0n) is 14.2. The summed E-state index contributed by atoms with van der Waals surface area (Å²) in [5.41, 5.74) is 1.08. The standard InChI is InChI=1S/C17H10ClF2N3O3S3/c18-9-1-4-11(5-2-9)23-16(27)29-15(22-23)28-8-14(24)21-10-3-6-12-13(7-10)26-17(19,20)25-12/h1-7H,8H2,(H,21,24). The van der Waals surface area contributed by atoms with E-state index in [2.05, 4.69) is 19.9 Å². The molecule has 1 aromatic heterocycles. The molecule has 150 valence electrons. The van der Waals surface area contributed by atoms with Crippen molar-refractivity contribution in [3.05, 3.63) is 51.4 Å². The van der Waals surface area contributed by atoms with Gasteiger partial charge in [0.2, 0.25) is 5.91 Å². The van der Waals surface area contributed by atoms with Gasteiger partial charge in [-0.2, -0.15) is 0 Å². The van der Waals surface area contributed by atoms with Gasteiger partial charge in [0.25, 0.3) is 0 Å². The number of benzene rings is 2. The van der Waals surface area contributed by atoms with E-state index in [1.54, 1.807) is 28.9 Å². The van der Waals surface area contributed by atoms with Crippen molar-refractivity contribution in [1.29, 1.82) is 0 Å². The minimum absolute atomic E-state index is 0.0630. The lowest BCUT2D eigenvalue weighted by Gasteiger charge is -2.05. The second-order valence-electron chi connectivity index (χ2n) is 5.69. The van der Waals surface area contributed by atoms with E-state index in [1.165, 1.54) is 41.3 Å². The number of alkyl halides is 2. The Morgan fingerprint density at radius 1 is 1.24 bits per heavy atom. The van der Waals surface area contributed by atoms with Crippen molar-refractivity contribution in [2.75, 3.05) is 11.1 Å². The second-order valence-corrected chi connectivity index (χ2v) is 8.97. The molecule has 4 rings (SSSR count). The van der Waals surface area contributed by atoms with Gasteiger partial charge in [-0.05, 0) is 48.6 Å². The molecule has 0 bridgehead atoms. The largest absolute Gasteiger partial charge is 0.586 e. The zero-order chi connectivity index (χ0) is 20.6. The molecule has 3 aromatic rings. The van der Waals surface area contributed by atoms with Crippen molar-refractivity contribution in [3.63, 3.8) is 0 Å². The Bertz CT molecular complexity index is 1130. The minimum Gasteiger partial charge on any atom is -0.395 e. The van der Waals surface area contributed by atoms with Crippen molar-refractivity contribution in [3.8, 4) is 17.2 Å². The summed E-state index contributed by atoms with van der Waals surface area (Å²) in [6.45, 7) is 0. The van der Waals surface area contributed by atoms with Crippen LogP contribution in [0.1, 0.15) is 0 Å². The van der Waals surface area contributed by atoms with Crippen molar-refractivity contribution in [1.82, 2.24) is 9.78 Å². The molecular formula is C17H10ClF2N3O3S3. The fourth-order valence-electron chi connectivity index (χ4n) is 2.42. The van der Waals surface area contributed by atoms with E-state index >= 15 is 0 Å². The van der Waals surface area contributed by atoms with Crippen LogP contribution in [0.2, 0.25) is 5.02 Å². The van der Waals surface area contributed by atoms with Gasteiger partial charge in [0.1, 0.15) is 0 Å². The molecule has 0 atom stereocenters. The molecule has 0 saturated carbocycles.